The Balaban J connectivity index is 3.88. The molecule has 0 aliphatic heterocycles. The quantitative estimate of drug-likeness (QED) is 0.509. The van der Waals surface area contributed by atoms with Gasteiger partial charge in [0.1, 0.15) is 0 Å². The van der Waals surface area contributed by atoms with E-state index < -0.39 is 11.4 Å². The molecule has 0 saturated heterocycles. The van der Waals surface area contributed by atoms with Crippen molar-refractivity contribution in [1.29, 1.82) is 0 Å². The van der Waals surface area contributed by atoms with Gasteiger partial charge >= 0.3 is 5.97 Å². The van der Waals surface area contributed by atoms with Gasteiger partial charge in [0.2, 0.25) is 0 Å². The Morgan fingerprint density at radius 2 is 2.08 bits per heavy atom. The second-order valence-corrected chi connectivity index (χ2v) is 3.57. The Bertz CT molecular complexity index is 169. The van der Waals surface area contributed by atoms with Crippen molar-refractivity contribution in [3.8, 4) is 0 Å². The second kappa shape index (κ2) is 4.96. The van der Waals surface area contributed by atoms with Gasteiger partial charge in [-0.2, -0.15) is 0 Å². The third kappa shape index (κ3) is 4.16. The summed E-state index contributed by atoms with van der Waals surface area (Å²) in [4.78, 5) is 10.6. The van der Waals surface area contributed by atoms with Crippen LogP contribution in [-0.4, -0.2) is 11.1 Å². The molecule has 0 aliphatic rings. The fraction of sp³-hybridized carbons (Fsp3) is 0.700. The summed E-state index contributed by atoms with van der Waals surface area (Å²) in [5, 5.41) is 8.75. The first kappa shape index (κ1) is 11.2. The molecule has 2 nitrogen and oxygen atoms in total. The largest absolute Gasteiger partial charge is 0.481 e. The zero-order chi connectivity index (χ0) is 9.61. The van der Waals surface area contributed by atoms with Gasteiger partial charge in [0.15, 0.2) is 0 Å². The van der Waals surface area contributed by atoms with Gasteiger partial charge in [-0.25, -0.2) is 0 Å². The summed E-state index contributed by atoms with van der Waals surface area (Å²) in [5.41, 5.74) is -0.715. The molecule has 0 unspecified atom stereocenters. The average molecular weight is 170 g/mol. The zero-order valence-corrected chi connectivity index (χ0v) is 8.13. The molecule has 0 aromatic rings. The standard InChI is InChI=1S/C10H18O2/c1-4-5-6-7-8-10(2,3)9(11)12/h7-8H,4-6H2,1-3H3,(H,11,12)/b8-7+. The van der Waals surface area contributed by atoms with Crippen LogP contribution >= 0.6 is 0 Å². The SMILES string of the molecule is CCCC/C=C/C(C)(C)C(=O)O. The number of allylic oxidation sites excluding steroid dienone is 1. The average Bonchev–Trinajstić information content (AvgIpc) is 1.98. The van der Waals surface area contributed by atoms with Gasteiger partial charge < -0.3 is 5.11 Å². The Morgan fingerprint density at radius 3 is 2.50 bits per heavy atom. The van der Waals surface area contributed by atoms with Crippen molar-refractivity contribution < 1.29 is 9.90 Å². The lowest BCUT2D eigenvalue weighted by molar-refractivity contribution is -0.144. The number of rotatable bonds is 5. The highest BCUT2D eigenvalue weighted by atomic mass is 16.4. The molecule has 0 aromatic heterocycles. The first-order valence-corrected chi connectivity index (χ1v) is 4.42. The summed E-state index contributed by atoms with van der Waals surface area (Å²) in [6, 6.07) is 0. The van der Waals surface area contributed by atoms with Gasteiger partial charge in [0, 0.05) is 0 Å². The van der Waals surface area contributed by atoms with E-state index in [0.717, 1.165) is 19.3 Å². The number of carboxylic acid groups (broad SMARTS) is 1. The Kier molecular flexibility index (Phi) is 4.64. The van der Waals surface area contributed by atoms with Crippen LogP contribution in [0.25, 0.3) is 0 Å². The highest BCUT2D eigenvalue weighted by molar-refractivity contribution is 5.75. The molecule has 0 bridgehead atoms. The fourth-order valence-corrected chi connectivity index (χ4v) is 0.771. The van der Waals surface area contributed by atoms with Crippen molar-refractivity contribution in [2.75, 3.05) is 0 Å². The van der Waals surface area contributed by atoms with Crippen molar-refractivity contribution in [3.05, 3.63) is 12.2 Å². The van der Waals surface area contributed by atoms with E-state index in [4.69, 9.17) is 5.11 Å². The van der Waals surface area contributed by atoms with Gasteiger partial charge in [0.25, 0.3) is 0 Å². The van der Waals surface area contributed by atoms with E-state index in [1.54, 1.807) is 19.9 Å². The van der Waals surface area contributed by atoms with Crippen molar-refractivity contribution in [2.45, 2.75) is 40.0 Å². The highest BCUT2D eigenvalue weighted by Gasteiger charge is 2.22. The monoisotopic (exact) mass is 170 g/mol. The van der Waals surface area contributed by atoms with Crippen molar-refractivity contribution in [3.63, 3.8) is 0 Å². The summed E-state index contributed by atoms with van der Waals surface area (Å²) < 4.78 is 0. The number of carbonyl (C=O) groups is 1. The first-order chi connectivity index (χ1) is 5.50. The molecule has 0 heterocycles. The van der Waals surface area contributed by atoms with Crippen LogP contribution in [0, 0.1) is 5.41 Å². The van der Waals surface area contributed by atoms with E-state index >= 15 is 0 Å². The number of carboxylic acids is 1. The van der Waals surface area contributed by atoms with E-state index in [0.29, 0.717) is 0 Å². The predicted molar refractivity (Wildman–Crippen MR) is 50.1 cm³/mol. The van der Waals surface area contributed by atoms with Crippen molar-refractivity contribution >= 4 is 5.97 Å². The Labute approximate surface area is 74.3 Å². The molecule has 0 fully saturated rings. The maximum absolute atomic E-state index is 10.6. The third-order valence-electron chi connectivity index (χ3n) is 1.81. The minimum atomic E-state index is -0.768. The summed E-state index contributed by atoms with van der Waals surface area (Å²) >= 11 is 0. The maximum atomic E-state index is 10.6. The van der Waals surface area contributed by atoms with Crippen molar-refractivity contribution in [1.82, 2.24) is 0 Å². The molecule has 12 heavy (non-hydrogen) atoms. The van der Waals surface area contributed by atoms with E-state index in [9.17, 15) is 4.79 Å². The van der Waals surface area contributed by atoms with Gasteiger partial charge in [-0.1, -0.05) is 31.9 Å². The molecule has 0 saturated carbocycles. The van der Waals surface area contributed by atoms with Crippen LogP contribution in [0.1, 0.15) is 40.0 Å². The summed E-state index contributed by atoms with van der Waals surface area (Å²) in [6.07, 6.45) is 6.99. The van der Waals surface area contributed by atoms with Crippen LogP contribution in [-0.2, 0) is 4.79 Å². The second-order valence-electron chi connectivity index (χ2n) is 3.57. The third-order valence-corrected chi connectivity index (χ3v) is 1.81. The van der Waals surface area contributed by atoms with Gasteiger partial charge in [-0.05, 0) is 20.3 Å². The van der Waals surface area contributed by atoms with Crippen molar-refractivity contribution in [2.24, 2.45) is 5.41 Å². The van der Waals surface area contributed by atoms with Crippen LogP contribution in [0.2, 0.25) is 0 Å². The molecule has 0 aliphatic carbocycles. The molecule has 1 N–H and O–H groups in total. The van der Waals surface area contributed by atoms with Crippen LogP contribution in [0.4, 0.5) is 0 Å². The summed E-state index contributed by atoms with van der Waals surface area (Å²) in [6.45, 7) is 5.53. The normalized spacial score (nSPS) is 12.2. The maximum Gasteiger partial charge on any atom is 0.312 e. The fourth-order valence-electron chi connectivity index (χ4n) is 0.771. The molecule has 2 heteroatoms. The van der Waals surface area contributed by atoms with Gasteiger partial charge in [-0.3, -0.25) is 4.79 Å². The van der Waals surface area contributed by atoms with E-state index in [1.807, 2.05) is 6.08 Å². The summed E-state index contributed by atoms with van der Waals surface area (Å²) in [5.74, 6) is -0.768. The minimum Gasteiger partial charge on any atom is -0.481 e. The minimum absolute atomic E-state index is 0.715. The molecule has 0 atom stereocenters. The lowest BCUT2D eigenvalue weighted by atomic mass is 9.93. The summed E-state index contributed by atoms with van der Waals surface area (Å²) in [7, 11) is 0. The molecule has 0 rings (SSSR count). The topological polar surface area (TPSA) is 37.3 Å². The van der Waals surface area contributed by atoms with E-state index in [-0.39, 0.29) is 0 Å². The first-order valence-electron chi connectivity index (χ1n) is 4.42. The molecule has 0 spiro atoms. The number of unbranched alkanes of at least 4 members (excludes halogenated alkanes) is 2. The number of aliphatic carboxylic acids is 1. The van der Waals surface area contributed by atoms with Crippen LogP contribution in [0.5, 0.6) is 0 Å². The Hall–Kier alpha value is -0.790. The van der Waals surface area contributed by atoms with E-state index in [2.05, 4.69) is 6.92 Å². The molecule has 0 amide bonds. The highest BCUT2D eigenvalue weighted by Crippen LogP contribution is 2.17. The lowest BCUT2D eigenvalue weighted by Gasteiger charge is -2.12. The Morgan fingerprint density at radius 1 is 1.50 bits per heavy atom. The van der Waals surface area contributed by atoms with E-state index in [1.165, 1.54) is 0 Å². The molecule has 70 valence electrons. The van der Waals surface area contributed by atoms with Crippen LogP contribution in [0.3, 0.4) is 0 Å². The lowest BCUT2D eigenvalue weighted by Crippen LogP contribution is -2.20. The van der Waals surface area contributed by atoms with Gasteiger partial charge in [-0.15, -0.1) is 0 Å². The molecule has 0 radical (unpaired) electrons. The molecule has 0 aromatic carbocycles. The number of hydrogen-bond acceptors (Lipinski definition) is 1. The van der Waals surface area contributed by atoms with Gasteiger partial charge in [0.05, 0.1) is 5.41 Å². The molecular weight excluding hydrogens is 152 g/mol. The predicted octanol–water partition coefficient (Wildman–Crippen LogP) is 2.84. The molecular formula is C10H18O2. The smallest absolute Gasteiger partial charge is 0.312 e. The zero-order valence-electron chi connectivity index (χ0n) is 8.13. The van der Waals surface area contributed by atoms with Crippen LogP contribution in [0.15, 0.2) is 12.2 Å². The van der Waals surface area contributed by atoms with Crippen LogP contribution < -0.4 is 0 Å². The number of hydrogen-bond donors (Lipinski definition) is 1.